The minimum Gasteiger partial charge on any atom is -0.462 e. The molecule has 122 valence electrons. The molecular weight excluding hydrogens is 337 g/mol. The maximum Gasteiger partial charge on any atom is 0.491 e. The van der Waals surface area contributed by atoms with E-state index in [2.05, 4.69) is 14.7 Å². The molecule has 0 spiro atoms. The average Bonchev–Trinajstić information content (AvgIpc) is 2.91. The molecule has 0 radical (unpaired) electrons. The van der Waals surface area contributed by atoms with Crippen LogP contribution >= 0.6 is 11.3 Å². The maximum absolute atomic E-state index is 12.3. The van der Waals surface area contributed by atoms with Gasteiger partial charge in [0.25, 0.3) is 0 Å². The van der Waals surface area contributed by atoms with Gasteiger partial charge in [0.05, 0.1) is 6.61 Å². The molecule has 6 nitrogen and oxygen atoms in total. The highest BCUT2D eigenvalue weighted by Gasteiger charge is 2.42. The molecule has 0 unspecified atom stereocenters. The number of nitrogens with zero attached hydrogens (tertiary/aromatic N) is 2. The molecule has 0 fully saturated rings. The van der Waals surface area contributed by atoms with E-state index in [9.17, 15) is 22.8 Å². The molecule has 0 saturated carbocycles. The van der Waals surface area contributed by atoms with Crippen molar-refractivity contribution in [3.63, 3.8) is 0 Å². The Morgan fingerprint density at radius 1 is 1.35 bits per heavy atom. The summed E-state index contributed by atoms with van der Waals surface area (Å²) in [5.74, 6) is -4.13. The van der Waals surface area contributed by atoms with Crippen molar-refractivity contribution < 1.29 is 32.2 Å². The fraction of sp³-hybridized carbons (Fsp3) is 0.231. The van der Waals surface area contributed by atoms with E-state index >= 15 is 0 Å². The highest BCUT2D eigenvalue weighted by molar-refractivity contribution is 7.17. The monoisotopic (exact) mass is 346 g/mol. The highest BCUT2D eigenvalue weighted by Crippen LogP contribution is 2.33. The number of aromatic nitrogens is 2. The summed E-state index contributed by atoms with van der Waals surface area (Å²) in [6.07, 6.45) is -2.30. The smallest absolute Gasteiger partial charge is 0.462 e. The standard InChI is InChI=1S/C13H9F3N2O4S/c1-2-21-11(19)8-9(22-12(20)13(14,15)16)18-10(23-8)7-4-3-5-17-6-7/h3-6H,2H2,1H3. The number of thiazole rings is 1. The summed E-state index contributed by atoms with van der Waals surface area (Å²) in [5, 5.41) is 0.172. The number of halogens is 3. The van der Waals surface area contributed by atoms with Gasteiger partial charge in [0.1, 0.15) is 5.01 Å². The van der Waals surface area contributed by atoms with Crippen molar-refractivity contribution in [1.29, 1.82) is 0 Å². The van der Waals surface area contributed by atoms with Crippen molar-refractivity contribution in [2.45, 2.75) is 13.1 Å². The third-order valence-electron chi connectivity index (χ3n) is 2.39. The number of rotatable bonds is 4. The van der Waals surface area contributed by atoms with Crippen molar-refractivity contribution in [3.05, 3.63) is 29.4 Å². The van der Waals surface area contributed by atoms with Crippen LogP contribution in [0.2, 0.25) is 0 Å². The van der Waals surface area contributed by atoms with Crippen molar-refractivity contribution in [3.8, 4) is 16.5 Å². The first-order chi connectivity index (χ1) is 10.8. The summed E-state index contributed by atoms with van der Waals surface area (Å²) in [5.41, 5.74) is 0.456. The maximum atomic E-state index is 12.3. The normalized spacial score (nSPS) is 11.1. The molecule has 0 aromatic carbocycles. The van der Waals surface area contributed by atoms with Crippen LogP contribution in [0.4, 0.5) is 13.2 Å². The van der Waals surface area contributed by atoms with E-state index in [4.69, 9.17) is 4.74 Å². The zero-order valence-corrected chi connectivity index (χ0v) is 12.4. The van der Waals surface area contributed by atoms with E-state index in [0.29, 0.717) is 5.56 Å². The summed E-state index contributed by atoms with van der Waals surface area (Å²) in [7, 11) is 0. The van der Waals surface area contributed by atoms with E-state index in [1.165, 1.54) is 19.3 Å². The molecule has 2 aromatic heterocycles. The lowest BCUT2D eigenvalue weighted by atomic mass is 10.3. The van der Waals surface area contributed by atoms with Crippen molar-refractivity contribution in [2.75, 3.05) is 6.61 Å². The van der Waals surface area contributed by atoms with Crippen molar-refractivity contribution in [2.24, 2.45) is 0 Å². The number of carbonyl (C=O) groups is 2. The average molecular weight is 346 g/mol. The van der Waals surface area contributed by atoms with Crippen LogP contribution < -0.4 is 4.74 Å². The Bertz CT molecular complexity index is 716. The summed E-state index contributed by atoms with van der Waals surface area (Å²) >= 11 is 0.743. The van der Waals surface area contributed by atoms with Gasteiger partial charge in [-0.1, -0.05) is 0 Å². The molecule has 23 heavy (non-hydrogen) atoms. The number of alkyl halides is 3. The third kappa shape index (κ3) is 4.03. The lowest BCUT2D eigenvalue weighted by molar-refractivity contribution is -0.189. The van der Waals surface area contributed by atoms with E-state index in [1.54, 1.807) is 12.1 Å². The van der Waals surface area contributed by atoms with Crippen LogP contribution in [0.1, 0.15) is 16.6 Å². The van der Waals surface area contributed by atoms with E-state index in [-0.39, 0.29) is 16.5 Å². The summed E-state index contributed by atoms with van der Waals surface area (Å²) in [6.45, 7) is 1.54. The predicted octanol–water partition coefficient (Wildman–Crippen LogP) is 2.85. The van der Waals surface area contributed by atoms with Crippen molar-refractivity contribution in [1.82, 2.24) is 9.97 Å². The van der Waals surface area contributed by atoms with Gasteiger partial charge < -0.3 is 9.47 Å². The molecule has 0 amide bonds. The molecule has 0 aliphatic heterocycles. The topological polar surface area (TPSA) is 78.4 Å². The highest BCUT2D eigenvalue weighted by atomic mass is 32.1. The van der Waals surface area contributed by atoms with Crippen LogP contribution in [0.5, 0.6) is 5.88 Å². The minimum absolute atomic E-state index is 0.00557. The Labute approximate surface area is 131 Å². The first kappa shape index (κ1) is 16.9. The van der Waals surface area contributed by atoms with Crippen LogP contribution in [0.15, 0.2) is 24.5 Å². The second-order valence-corrected chi connectivity index (χ2v) is 5.00. The molecule has 0 aliphatic carbocycles. The SMILES string of the molecule is CCOC(=O)c1sc(-c2cccnc2)nc1OC(=O)C(F)(F)F. The third-order valence-corrected chi connectivity index (χ3v) is 3.45. The molecule has 2 rings (SSSR count). The zero-order valence-electron chi connectivity index (χ0n) is 11.6. The number of pyridine rings is 1. The van der Waals surface area contributed by atoms with E-state index < -0.39 is 24.0 Å². The van der Waals surface area contributed by atoms with Crippen molar-refractivity contribution >= 4 is 23.3 Å². The Balaban J connectivity index is 2.40. The van der Waals surface area contributed by atoms with Gasteiger partial charge in [-0.3, -0.25) is 4.98 Å². The second kappa shape index (κ2) is 6.73. The first-order valence-corrected chi connectivity index (χ1v) is 7.02. The van der Waals surface area contributed by atoms with E-state index in [0.717, 1.165) is 11.3 Å². The number of hydrogen-bond acceptors (Lipinski definition) is 7. The van der Waals surface area contributed by atoms with Crippen LogP contribution in [0, 0.1) is 0 Å². The fourth-order valence-electron chi connectivity index (χ4n) is 1.46. The lowest BCUT2D eigenvalue weighted by Crippen LogP contribution is -2.28. The largest absolute Gasteiger partial charge is 0.491 e. The fourth-order valence-corrected chi connectivity index (χ4v) is 2.34. The molecule has 10 heteroatoms. The van der Waals surface area contributed by atoms with Crippen LogP contribution in [-0.2, 0) is 9.53 Å². The first-order valence-electron chi connectivity index (χ1n) is 6.20. The number of esters is 2. The van der Waals surface area contributed by atoms with Gasteiger partial charge in [-0.05, 0) is 19.1 Å². The Morgan fingerprint density at radius 2 is 2.09 bits per heavy atom. The zero-order chi connectivity index (χ0) is 17.0. The number of ether oxygens (including phenoxy) is 2. The second-order valence-electron chi connectivity index (χ2n) is 4.00. The lowest BCUT2D eigenvalue weighted by Gasteiger charge is -2.05. The van der Waals surface area contributed by atoms with Gasteiger partial charge in [-0.15, -0.1) is 11.3 Å². The summed E-state index contributed by atoms with van der Waals surface area (Å²) in [4.78, 5) is 30.1. The minimum atomic E-state index is -5.20. The van der Waals surface area contributed by atoms with Gasteiger partial charge in [-0.25, -0.2) is 14.6 Å². The van der Waals surface area contributed by atoms with Gasteiger partial charge in [0, 0.05) is 18.0 Å². The predicted molar refractivity (Wildman–Crippen MR) is 73.0 cm³/mol. The molecule has 2 heterocycles. The van der Waals surface area contributed by atoms with Gasteiger partial charge in [-0.2, -0.15) is 13.2 Å². The van der Waals surface area contributed by atoms with Gasteiger partial charge in [0.2, 0.25) is 5.88 Å². The van der Waals surface area contributed by atoms with E-state index in [1.807, 2.05) is 0 Å². The van der Waals surface area contributed by atoms with Gasteiger partial charge >= 0.3 is 18.1 Å². The van der Waals surface area contributed by atoms with Crippen LogP contribution in [-0.4, -0.2) is 34.7 Å². The van der Waals surface area contributed by atoms with Crippen LogP contribution in [0.3, 0.4) is 0 Å². The summed E-state index contributed by atoms with van der Waals surface area (Å²) < 4.78 is 45.9. The van der Waals surface area contributed by atoms with Crippen LogP contribution in [0.25, 0.3) is 10.6 Å². The molecule has 2 aromatic rings. The molecule has 0 atom stereocenters. The quantitative estimate of drug-likeness (QED) is 0.792. The molecule has 0 aliphatic rings. The molecule has 0 saturated heterocycles. The Hall–Kier alpha value is -2.49. The number of carbonyl (C=O) groups excluding carboxylic acids is 2. The Kier molecular flexibility index (Phi) is 4.94. The molecule has 0 N–H and O–H groups in total. The molecular formula is C13H9F3N2O4S. The Morgan fingerprint density at radius 3 is 2.65 bits per heavy atom. The summed E-state index contributed by atoms with van der Waals surface area (Å²) in [6, 6.07) is 3.18. The van der Waals surface area contributed by atoms with Gasteiger partial charge in [0.15, 0.2) is 4.88 Å². The number of hydrogen-bond donors (Lipinski definition) is 0. The molecule has 0 bridgehead atoms.